The van der Waals surface area contributed by atoms with Gasteiger partial charge in [0.05, 0.1) is 23.1 Å². The van der Waals surface area contributed by atoms with Crippen molar-refractivity contribution in [1.29, 1.82) is 0 Å². The number of aromatic nitrogens is 2. The van der Waals surface area contributed by atoms with Gasteiger partial charge in [0.25, 0.3) is 5.91 Å². The smallest absolute Gasteiger partial charge is 0.259 e. The predicted octanol–water partition coefficient (Wildman–Crippen LogP) is 4.32. The fraction of sp³-hybridized carbons (Fsp3) is 0.100. The summed E-state index contributed by atoms with van der Waals surface area (Å²) in [5.41, 5.74) is 3.51. The van der Waals surface area contributed by atoms with Crippen molar-refractivity contribution in [2.75, 3.05) is 5.32 Å². The number of halogens is 1. The van der Waals surface area contributed by atoms with Crippen molar-refractivity contribution in [3.8, 4) is 18.0 Å². The Kier molecular flexibility index (Phi) is 4.87. The van der Waals surface area contributed by atoms with Gasteiger partial charge in [-0.15, -0.1) is 6.42 Å². The van der Waals surface area contributed by atoms with E-state index in [0.29, 0.717) is 28.3 Å². The third-order valence-electron chi connectivity index (χ3n) is 3.79. The van der Waals surface area contributed by atoms with Crippen molar-refractivity contribution in [2.24, 2.45) is 0 Å². The summed E-state index contributed by atoms with van der Waals surface area (Å²) in [5.74, 6) is 2.33. The average Bonchev–Trinajstić information content (AvgIpc) is 3.06. The monoisotopic (exact) mass is 349 g/mol. The van der Waals surface area contributed by atoms with Crippen molar-refractivity contribution < 1.29 is 4.79 Å². The molecular weight excluding hydrogens is 334 g/mol. The molecule has 124 valence electrons. The SMILES string of the molecule is C#Cc1cccc(NC(=O)c2cnn(-c3cccc(Cl)c3)c2CC)c1. The fourth-order valence-electron chi connectivity index (χ4n) is 2.62. The summed E-state index contributed by atoms with van der Waals surface area (Å²) >= 11 is 6.06. The summed E-state index contributed by atoms with van der Waals surface area (Å²) in [6.45, 7) is 1.98. The molecule has 0 bridgehead atoms. The minimum absolute atomic E-state index is 0.223. The first-order valence-corrected chi connectivity index (χ1v) is 8.21. The molecule has 1 aromatic heterocycles. The maximum absolute atomic E-state index is 12.7. The van der Waals surface area contributed by atoms with Gasteiger partial charge < -0.3 is 5.32 Å². The van der Waals surface area contributed by atoms with Crippen LogP contribution in [0.15, 0.2) is 54.7 Å². The molecule has 0 radical (unpaired) electrons. The van der Waals surface area contributed by atoms with Gasteiger partial charge in [0.1, 0.15) is 0 Å². The number of carbonyl (C=O) groups is 1. The highest BCUT2D eigenvalue weighted by Crippen LogP contribution is 2.20. The number of hydrogen-bond acceptors (Lipinski definition) is 2. The van der Waals surface area contributed by atoms with Gasteiger partial charge in [-0.2, -0.15) is 5.10 Å². The molecule has 1 amide bonds. The standard InChI is InChI=1S/C20H16ClN3O/c1-3-14-7-5-9-16(11-14)23-20(25)18-13-22-24(19(18)4-2)17-10-6-8-15(21)12-17/h1,5-13H,4H2,2H3,(H,23,25). The second kappa shape index (κ2) is 7.25. The minimum atomic E-state index is -0.223. The lowest BCUT2D eigenvalue weighted by molar-refractivity contribution is 0.102. The fourth-order valence-corrected chi connectivity index (χ4v) is 2.80. The van der Waals surface area contributed by atoms with Crippen molar-refractivity contribution in [2.45, 2.75) is 13.3 Å². The molecule has 0 aliphatic rings. The first-order valence-electron chi connectivity index (χ1n) is 7.83. The van der Waals surface area contributed by atoms with E-state index < -0.39 is 0 Å². The van der Waals surface area contributed by atoms with Crippen molar-refractivity contribution in [1.82, 2.24) is 9.78 Å². The lowest BCUT2D eigenvalue weighted by Crippen LogP contribution is -2.14. The number of amides is 1. The van der Waals surface area contributed by atoms with E-state index in [1.807, 2.05) is 31.2 Å². The van der Waals surface area contributed by atoms with E-state index in [-0.39, 0.29) is 5.91 Å². The van der Waals surface area contributed by atoms with Crippen LogP contribution in [-0.4, -0.2) is 15.7 Å². The second-order valence-corrected chi connectivity index (χ2v) is 5.87. The van der Waals surface area contributed by atoms with E-state index in [9.17, 15) is 4.79 Å². The Hall–Kier alpha value is -3.03. The zero-order valence-corrected chi connectivity index (χ0v) is 14.4. The Labute approximate surface area is 151 Å². The molecule has 0 saturated heterocycles. The van der Waals surface area contributed by atoms with Gasteiger partial charge in [0.15, 0.2) is 0 Å². The first-order chi connectivity index (χ1) is 12.1. The molecular formula is C20H16ClN3O. The topological polar surface area (TPSA) is 46.9 Å². The van der Waals surface area contributed by atoms with Crippen LogP contribution in [-0.2, 0) is 6.42 Å². The highest BCUT2D eigenvalue weighted by Gasteiger charge is 2.17. The molecule has 3 aromatic rings. The van der Waals surface area contributed by atoms with Gasteiger partial charge in [-0.3, -0.25) is 4.79 Å². The number of hydrogen-bond donors (Lipinski definition) is 1. The summed E-state index contributed by atoms with van der Waals surface area (Å²) in [6.07, 6.45) is 7.62. The molecule has 0 spiro atoms. The lowest BCUT2D eigenvalue weighted by Gasteiger charge is -2.09. The van der Waals surface area contributed by atoms with Crippen LogP contribution in [0.25, 0.3) is 5.69 Å². The van der Waals surface area contributed by atoms with Gasteiger partial charge in [-0.25, -0.2) is 4.68 Å². The predicted molar refractivity (Wildman–Crippen MR) is 100 cm³/mol. The van der Waals surface area contributed by atoms with E-state index in [4.69, 9.17) is 18.0 Å². The summed E-state index contributed by atoms with van der Waals surface area (Å²) in [6, 6.07) is 14.5. The molecule has 0 atom stereocenters. The van der Waals surface area contributed by atoms with E-state index in [1.54, 1.807) is 35.1 Å². The van der Waals surface area contributed by atoms with Crippen LogP contribution < -0.4 is 5.32 Å². The van der Waals surface area contributed by atoms with Gasteiger partial charge in [0.2, 0.25) is 0 Å². The molecule has 0 aliphatic heterocycles. The maximum atomic E-state index is 12.7. The van der Waals surface area contributed by atoms with Crippen LogP contribution in [0.5, 0.6) is 0 Å². The number of terminal acetylenes is 1. The molecule has 1 heterocycles. The highest BCUT2D eigenvalue weighted by molar-refractivity contribution is 6.30. The molecule has 4 nitrogen and oxygen atoms in total. The quantitative estimate of drug-likeness (QED) is 0.713. The molecule has 0 unspecified atom stereocenters. The second-order valence-electron chi connectivity index (χ2n) is 5.43. The summed E-state index contributed by atoms with van der Waals surface area (Å²) in [7, 11) is 0. The van der Waals surface area contributed by atoms with Gasteiger partial charge in [0, 0.05) is 16.3 Å². The number of anilines is 1. The van der Waals surface area contributed by atoms with Crippen molar-refractivity contribution in [3.63, 3.8) is 0 Å². The zero-order chi connectivity index (χ0) is 17.8. The van der Waals surface area contributed by atoms with Crippen LogP contribution >= 0.6 is 11.6 Å². The normalized spacial score (nSPS) is 10.3. The zero-order valence-electron chi connectivity index (χ0n) is 13.7. The van der Waals surface area contributed by atoms with Crippen molar-refractivity contribution >= 4 is 23.2 Å². The van der Waals surface area contributed by atoms with E-state index in [2.05, 4.69) is 16.3 Å². The molecule has 0 aliphatic carbocycles. The van der Waals surface area contributed by atoms with Crippen molar-refractivity contribution in [3.05, 3.63) is 76.6 Å². The molecule has 0 saturated carbocycles. The van der Waals surface area contributed by atoms with Crippen LogP contribution in [0.3, 0.4) is 0 Å². The molecule has 25 heavy (non-hydrogen) atoms. The van der Waals surface area contributed by atoms with Crippen LogP contribution in [0.4, 0.5) is 5.69 Å². The highest BCUT2D eigenvalue weighted by atomic mass is 35.5. The Morgan fingerprint density at radius 3 is 2.80 bits per heavy atom. The van der Waals surface area contributed by atoms with Crippen LogP contribution in [0.1, 0.15) is 28.5 Å². The third-order valence-corrected chi connectivity index (χ3v) is 4.02. The first kappa shape index (κ1) is 16.8. The molecule has 0 fully saturated rings. The Morgan fingerprint density at radius 2 is 2.08 bits per heavy atom. The number of nitrogens with one attached hydrogen (secondary N) is 1. The van der Waals surface area contributed by atoms with Crippen LogP contribution in [0.2, 0.25) is 5.02 Å². The van der Waals surface area contributed by atoms with E-state index >= 15 is 0 Å². The molecule has 2 aromatic carbocycles. The summed E-state index contributed by atoms with van der Waals surface area (Å²) in [4.78, 5) is 12.7. The summed E-state index contributed by atoms with van der Waals surface area (Å²) in [5, 5.41) is 7.85. The Bertz CT molecular complexity index is 969. The molecule has 1 N–H and O–H groups in total. The van der Waals surface area contributed by atoms with Gasteiger partial charge in [-0.05, 0) is 42.8 Å². The number of rotatable bonds is 4. The van der Waals surface area contributed by atoms with Gasteiger partial charge in [-0.1, -0.05) is 36.6 Å². The largest absolute Gasteiger partial charge is 0.322 e. The minimum Gasteiger partial charge on any atom is -0.322 e. The van der Waals surface area contributed by atoms with E-state index in [0.717, 1.165) is 11.4 Å². The number of nitrogens with zero attached hydrogens (tertiary/aromatic N) is 2. The van der Waals surface area contributed by atoms with Gasteiger partial charge >= 0.3 is 0 Å². The lowest BCUT2D eigenvalue weighted by atomic mass is 10.1. The molecule has 5 heteroatoms. The van der Waals surface area contributed by atoms with Crippen LogP contribution in [0, 0.1) is 12.3 Å². The number of benzene rings is 2. The maximum Gasteiger partial charge on any atom is 0.259 e. The Balaban J connectivity index is 1.92. The number of carbonyl (C=O) groups excluding carboxylic acids is 1. The average molecular weight is 350 g/mol. The third kappa shape index (κ3) is 3.57. The molecule has 3 rings (SSSR count). The Morgan fingerprint density at radius 1 is 1.28 bits per heavy atom. The van der Waals surface area contributed by atoms with E-state index in [1.165, 1.54) is 0 Å². The summed E-state index contributed by atoms with van der Waals surface area (Å²) < 4.78 is 1.73.